The van der Waals surface area contributed by atoms with Crippen molar-refractivity contribution >= 4 is 19.9 Å². The van der Waals surface area contributed by atoms with Gasteiger partial charge in [-0.1, -0.05) is 26.6 Å². The fourth-order valence-electron chi connectivity index (χ4n) is 0.408. The Labute approximate surface area is 52.3 Å². The number of hydrogen-bond acceptors (Lipinski definition) is 1. The summed E-state index contributed by atoms with van der Waals surface area (Å²) in [5.74, 6) is 0. The molecule has 0 heterocycles. The highest BCUT2D eigenvalue weighted by atomic mass is 32.1. The topological polar surface area (TPSA) is 0 Å². The summed E-state index contributed by atoms with van der Waals surface area (Å²) in [5, 5.41) is 0.472. The van der Waals surface area contributed by atoms with E-state index in [9.17, 15) is 0 Å². The van der Waals surface area contributed by atoms with E-state index in [-0.39, 0.29) is 0 Å². The molecule has 0 saturated heterocycles. The van der Waals surface area contributed by atoms with Crippen LogP contribution in [0.5, 0.6) is 0 Å². The molecule has 0 amide bonds. The lowest BCUT2D eigenvalue weighted by Crippen LogP contribution is -2.02. The van der Waals surface area contributed by atoms with Crippen LogP contribution in [0.2, 0.25) is 6.32 Å². The predicted molar refractivity (Wildman–Crippen MR) is 39.3 cm³/mol. The van der Waals surface area contributed by atoms with Gasteiger partial charge in [0.15, 0.2) is 0 Å². The molecule has 0 rings (SSSR count). The third-order valence-corrected chi connectivity index (χ3v) is 1.01. The minimum atomic E-state index is 0.472. The molecule has 0 aromatic carbocycles. The Balaban J connectivity index is 2.68. The Morgan fingerprint density at radius 1 is 1.71 bits per heavy atom. The minimum absolute atomic E-state index is 0.472. The van der Waals surface area contributed by atoms with E-state index in [0.29, 0.717) is 5.15 Å². The van der Waals surface area contributed by atoms with Crippen molar-refractivity contribution in [3.8, 4) is 0 Å². The molecule has 0 aromatic heterocycles. The SMILES string of the molecule is CCC[B]C(C)S. The van der Waals surface area contributed by atoms with Gasteiger partial charge < -0.3 is 0 Å². The van der Waals surface area contributed by atoms with E-state index in [2.05, 4.69) is 33.8 Å². The first-order chi connectivity index (χ1) is 3.27. The number of hydrogen-bond donors (Lipinski definition) is 1. The predicted octanol–water partition coefficient (Wildman–Crippen LogP) is 1.79. The van der Waals surface area contributed by atoms with Gasteiger partial charge in [0, 0.05) is 0 Å². The maximum absolute atomic E-state index is 4.18. The van der Waals surface area contributed by atoms with Gasteiger partial charge in [0.05, 0.1) is 0 Å². The van der Waals surface area contributed by atoms with Gasteiger partial charge in [0.1, 0.15) is 7.28 Å². The molecule has 0 saturated carbocycles. The fraction of sp³-hybridized carbons (Fsp3) is 1.00. The van der Waals surface area contributed by atoms with Gasteiger partial charge in [0.2, 0.25) is 0 Å². The van der Waals surface area contributed by atoms with Gasteiger partial charge in [0.25, 0.3) is 0 Å². The average molecular weight is 115 g/mol. The average Bonchev–Trinajstić information content (AvgIpc) is 1.61. The molecule has 0 N–H and O–H groups in total. The summed E-state index contributed by atoms with van der Waals surface area (Å²) in [6, 6.07) is 0. The molecule has 1 radical (unpaired) electrons. The maximum atomic E-state index is 4.18. The Kier molecular flexibility index (Phi) is 4.84. The summed E-state index contributed by atoms with van der Waals surface area (Å²) >= 11 is 4.18. The third kappa shape index (κ3) is 6.41. The van der Waals surface area contributed by atoms with Crippen LogP contribution >= 0.6 is 12.6 Å². The quantitative estimate of drug-likeness (QED) is 0.420. The lowest BCUT2D eigenvalue weighted by Gasteiger charge is -1.95. The van der Waals surface area contributed by atoms with E-state index in [4.69, 9.17) is 0 Å². The van der Waals surface area contributed by atoms with Crippen molar-refractivity contribution in [1.29, 1.82) is 0 Å². The Bertz CT molecular complexity index is 37.1. The Morgan fingerprint density at radius 3 is 2.43 bits per heavy atom. The molecule has 0 bridgehead atoms. The van der Waals surface area contributed by atoms with Crippen molar-refractivity contribution < 1.29 is 0 Å². The first-order valence-electron chi connectivity index (χ1n) is 2.78. The lowest BCUT2D eigenvalue weighted by molar-refractivity contribution is 1.06. The van der Waals surface area contributed by atoms with Crippen molar-refractivity contribution in [2.24, 2.45) is 0 Å². The molecule has 7 heavy (non-hydrogen) atoms. The van der Waals surface area contributed by atoms with E-state index < -0.39 is 0 Å². The molecule has 2 heteroatoms. The monoisotopic (exact) mass is 115 g/mol. The first-order valence-corrected chi connectivity index (χ1v) is 3.30. The van der Waals surface area contributed by atoms with Crippen molar-refractivity contribution in [2.75, 3.05) is 0 Å². The molecule has 0 aliphatic heterocycles. The second kappa shape index (κ2) is 4.57. The molecule has 0 spiro atoms. The highest BCUT2D eigenvalue weighted by Gasteiger charge is 1.92. The van der Waals surface area contributed by atoms with Crippen molar-refractivity contribution in [1.82, 2.24) is 0 Å². The third-order valence-electron chi connectivity index (χ3n) is 0.796. The molecule has 0 aliphatic rings. The second-order valence-corrected chi connectivity index (χ2v) is 2.58. The van der Waals surface area contributed by atoms with Gasteiger partial charge in [-0.15, -0.1) is 0 Å². The van der Waals surface area contributed by atoms with Gasteiger partial charge in [-0.2, -0.15) is 12.6 Å². The van der Waals surface area contributed by atoms with E-state index in [1.165, 1.54) is 12.7 Å². The van der Waals surface area contributed by atoms with E-state index in [0.717, 1.165) is 0 Å². The Morgan fingerprint density at radius 2 is 2.29 bits per heavy atom. The van der Waals surface area contributed by atoms with Crippen LogP contribution in [-0.4, -0.2) is 12.4 Å². The molecule has 1 atom stereocenters. The van der Waals surface area contributed by atoms with Gasteiger partial charge in [-0.3, -0.25) is 0 Å². The van der Waals surface area contributed by atoms with E-state index >= 15 is 0 Å². The minimum Gasteiger partial charge on any atom is -0.185 e. The maximum Gasteiger partial charge on any atom is 0.126 e. The van der Waals surface area contributed by atoms with Crippen LogP contribution in [0.4, 0.5) is 0 Å². The van der Waals surface area contributed by atoms with Gasteiger partial charge in [-0.25, -0.2) is 0 Å². The number of rotatable bonds is 3. The first kappa shape index (κ1) is 7.41. The number of thiol groups is 1. The van der Waals surface area contributed by atoms with Crippen molar-refractivity contribution in [3.63, 3.8) is 0 Å². The van der Waals surface area contributed by atoms with E-state index in [1.54, 1.807) is 0 Å². The molecular formula is C5H12BS. The van der Waals surface area contributed by atoms with E-state index in [1.807, 2.05) is 0 Å². The zero-order valence-corrected chi connectivity index (χ0v) is 5.91. The van der Waals surface area contributed by atoms with Crippen LogP contribution in [0.25, 0.3) is 0 Å². The molecule has 0 fully saturated rings. The smallest absolute Gasteiger partial charge is 0.126 e. The summed E-state index contributed by atoms with van der Waals surface area (Å²) in [4.78, 5) is 0. The molecule has 41 valence electrons. The summed E-state index contributed by atoms with van der Waals surface area (Å²) in [7, 11) is 2.21. The summed E-state index contributed by atoms with van der Waals surface area (Å²) in [5.41, 5.74) is 0. The van der Waals surface area contributed by atoms with Gasteiger partial charge >= 0.3 is 0 Å². The Hall–Kier alpha value is 0.415. The van der Waals surface area contributed by atoms with Gasteiger partial charge in [-0.05, 0) is 5.15 Å². The highest BCUT2D eigenvalue weighted by Crippen LogP contribution is 1.94. The molecule has 0 aromatic rings. The molecule has 0 aliphatic carbocycles. The molecule has 0 nitrogen and oxygen atoms in total. The zero-order chi connectivity index (χ0) is 5.70. The van der Waals surface area contributed by atoms with Crippen molar-refractivity contribution in [2.45, 2.75) is 31.7 Å². The zero-order valence-electron chi connectivity index (χ0n) is 5.02. The normalized spacial score (nSPS) is 13.6. The standard InChI is InChI=1S/C5H12BS/c1-3-4-6-5(2)7/h5,7H,3-4H2,1-2H3. The summed E-state index contributed by atoms with van der Waals surface area (Å²) in [6.45, 7) is 4.26. The summed E-state index contributed by atoms with van der Waals surface area (Å²) < 4.78 is 0. The largest absolute Gasteiger partial charge is 0.185 e. The fourth-order valence-corrected chi connectivity index (χ4v) is 0.557. The molecular weight excluding hydrogens is 103 g/mol. The van der Waals surface area contributed by atoms with Crippen LogP contribution in [-0.2, 0) is 0 Å². The van der Waals surface area contributed by atoms with Crippen LogP contribution in [0.15, 0.2) is 0 Å². The van der Waals surface area contributed by atoms with Crippen LogP contribution in [0.1, 0.15) is 20.3 Å². The van der Waals surface area contributed by atoms with Crippen LogP contribution in [0, 0.1) is 0 Å². The lowest BCUT2D eigenvalue weighted by atomic mass is 9.70. The van der Waals surface area contributed by atoms with Crippen molar-refractivity contribution in [3.05, 3.63) is 0 Å². The molecule has 1 unspecified atom stereocenters. The summed E-state index contributed by atoms with van der Waals surface area (Å²) in [6.07, 6.45) is 2.44. The van der Waals surface area contributed by atoms with Crippen LogP contribution in [0.3, 0.4) is 0 Å². The van der Waals surface area contributed by atoms with Crippen LogP contribution < -0.4 is 0 Å². The second-order valence-electron chi connectivity index (χ2n) is 1.76. The highest BCUT2D eigenvalue weighted by molar-refractivity contribution is 7.82.